The summed E-state index contributed by atoms with van der Waals surface area (Å²) in [7, 11) is 2.20. The molecule has 0 spiro atoms. The zero-order chi connectivity index (χ0) is 13.7. The van der Waals surface area contributed by atoms with Gasteiger partial charge in [0.05, 0.1) is 0 Å². The highest BCUT2D eigenvalue weighted by atomic mass is 32.1. The summed E-state index contributed by atoms with van der Waals surface area (Å²) in [5, 5.41) is 0. The van der Waals surface area contributed by atoms with E-state index < -0.39 is 0 Å². The van der Waals surface area contributed by atoms with Crippen molar-refractivity contribution in [3.8, 4) is 0 Å². The van der Waals surface area contributed by atoms with Crippen LogP contribution in [-0.2, 0) is 11.8 Å². The van der Waals surface area contributed by atoms with E-state index in [0.29, 0.717) is 6.04 Å². The Morgan fingerprint density at radius 1 is 1.17 bits per heavy atom. The van der Waals surface area contributed by atoms with Crippen molar-refractivity contribution in [3.63, 3.8) is 0 Å². The van der Waals surface area contributed by atoms with E-state index in [4.69, 9.17) is 12.6 Å². The van der Waals surface area contributed by atoms with E-state index >= 15 is 0 Å². The molecule has 1 aromatic carbocycles. The molecule has 0 saturated carbocycles. The predicted octanol–water partition coefficient (Wildman–Crippen LogP) is 4.05. The Balaban J connectivity index is 2.39. The Hall–Kier alpha value is -0.630. The minimum atomic E-state index is 0.0235. The Labute approximate surface area is 117 Å². The lowest BCUT2D eigenvalue weighted by atomic mass is 9.86. The topological polar surface area (TPSA) is 3.24 Å². The molecule has 1 aliphatic rings. The third-order valence-electron chi connectivity index (χ3n) is 4.03. The molecule has 1 heterocycles. The number of nitrogens with zero attached hydrogens (tertiary/aromatic N) is 1. The van der Waals surface area contributed by atoms with Gasteiger partial charge in [-0.05, 0) is 42.9 Å². The lowest BCUT2D eigenvalue weighted by Gasteiger charge is -2.33. The first-order valence-electron chi connectivity index (χ1n) is 6.69. The SMILES string of the molecule is CN1c2cc(C(C)(C)C)ccc2CC1C(C)(C)S. The molecule has 0 radical (unpaired) electrons. The van der Waals surface area contributed by atoms with Gasteiger partial charge in [0.15, 0.2) is 0 Å². The van der Waals surface area contributed by atoms with Crippen LogP contribution in [-0.4, -0.2) is 17.8 Å². The predicted molar refractivity (Wildman–Crippen MR) is 84.1 cm³/mol. The van der Waals surface area contributed by atoms with Gasteiger partial charge in [0.25, 0.3) is 0 Å². The van der Waals surface area contributed by atoms with Gasteiger partial charge in [-0.15, -0.1) is 0 Å². The maximum Gasteiger partial charge on any atom is 0.0466 e. The van der Waals surface area contributed by atoms with Crippen LogP contribution in [0, 0.1) is 0 Å². The summed E-state index contributed by atoms with van der Waals surface area (Å²) in [6, 6.07) is 7.41. The van der Waals surface area contributed by atoms with E-state index in [1.165, 1.54) is 16.8 Å². The van der Waals surface area contributed by atoms with E-state index in [1.807, 2.05) is 0 Å². The van der Waals surface area contributed by atoms with E-state index in [1.54, 1.807) is 0 Å². The number of hydrogen-bond donors (Lipinski definition) is 1. The maximum absolute atomic E-state index is 4.75. The van der Waals surface area contributed by atoms with Gasteiger partial charge in [-0.25, -0.2) is 0 Å². The number of thiol groups is 1. The molecule has 1 aliphatic heterocycles. The number of likely N-dealkylation sites (N-methyl/N-ethyl adjacent to an activating group) is 1. The quantitative estimate of drug-likeness (QED) is 0.748. The number of hydrogen-bond acceptors (Lipinski definition) is 2. The summed E-state index contributed by atoms with van der Waals surface area (Å²) in [5.41, 5.74) is 4.46. The molecule has 2 rings (SSSR count). The molecule has 2 heteroatoms. The van der Waals surface area contributed by atoms with E-state index in [-0.39, 0.29) is 10.2 Å². The summed E-state index contributed by atoms with van der Waals surface area (Å²) < 4.78 is 0.0235. The van der Waals surface area contributed by atoms with Crippen molar-refractivity contribution in [1.29, 1.82) is 0 Å². The minimum absolute atomic E-state index is 0.0235. The summed E-state index contributed by atoms with van der Waals surface area (Å²) in [4.78, 5) is 2.40. The van der Waals surface area contributed by atoms with E-state index in [2.05, 4.69) is 64.8 Å². The second-order valence-corrected chi connectivity index (χ2v) is 8.23. The van der Waals surface area contributed by atoms with Crippen LogP contribution in [0.15, 0.2) is 18.2 Å². The van der Waals surface area contributed by atoms with Gasteiger partial charge in [-0.1, -0.05) is 32.9 Å². The van der Waals surface area contributed by atoms with Crippen molar-refractivity contribution in [2.24, 2.45) is 0 Å². The summed E-state index contributed by atoms with van der Waals surface area (Å²) in [6.07, 6.45) is 1.10. The zero-order valence-corrected chi connectivity index (χ0v) is 13.3. The van der Waals surface area contributed by atoms with Crippen LogP contribution < -0.4 is 4.90 Å². The molecule has 100 valence electrons. The van der Waals surface area contributed by atoms with Crippen molar-refractivity contribution in [2.75, 3.05) is 11.9 Å². The molecule has 0 saturated heterocycles. The van der Waals surface area contributed by atoms with Crippen molar-refractivity contribution < 1.29 is 0 Å². The largest absolute Gasteiger partial charge is 0.370 e. The van der Waals surface area contributed by atoms with Gasteiger partial charge in [0.2, 0.25) is 0 Å². The lowest BCUT2D eigenvalue weighted by Crippen LogP contribution is -2.42. The van der Waals surface area contributed by atoms with Crippen LogP contribution in [0.3, 0.4) is 0 Å². The van der Waals surface area contributed by atoms with Gasteiger partial charge in [-0.2, -0.15) is 12.6 Å². The molecule has 0 aliphatic carbocycles. The van der Waals surface area contributed by atoms with E-state index in [0.717, 1.165) is 6.42 Å². The third kappa shape index (κ3) is 2.40. The van der Waals surface area contributed by atoms with Gasteiger partial charge < -0.3 is 4.90 Å². The smallest absolute Gasteiger partial charge is 0.0466 e. The van der Waals surface area contributed by atoms with Crippen molar-refractivity contribution >= 4 is 18.3 Å². The average molecular weight is 263 g/mol. The van der Waals surface area contributed by atoms with Gasteiger partial charge in [0, 0.05) is 23.5 Å². The third-order valence-corrected chi connectivity index (χ3v) is 4.33. The number of anilines is 1. The first kappa shape index (κ1) is 13.8. The van der Waals surface area contributed by atoms with Crippen LogP contribution in [0.25, 0.3) is 0 Å². The number of rotatable bonds is 1. The van der Waals surface area contributed by atoms with Crippen molar-refractivity contribution in [3.05, 3.63) is 29.3 Å². The molecule has 1 aromatic rings. The highest BCUT2D eigenvalue weighted by molar-refractivity contribution is 7.81. The summed E-state index contributed by atoms with van der Waals surface area (Å²) in [6.45, 7) is 11.2. The molecule has 0 amide bonds. The fraction of sp³-hybridized carbons (Fsp3) is 0.625. The molecule has 0 fully saturated rings. The standard InChI is InChI=1S/C16H25NS/c1-15(2,3)12-8-7-11-9-14(16(4,5)18)17(6)13(11)10-12/h7-8,10,14,18H,9H2,1-6H3. The van der Waals surface area contributed by atoms with E-state index in [9.17, 15) is 0 Å². The average Bonchev–Trinajstić information content (AvgIpc) is 2.54. The normalized spacial score (nSPS) is 20.2. The lowest BCUT2D eigenvalue weighted by molar-refractivity contribution is 0.537. The Morgan fingerprint density at radius 3 is 2.28 bits per heavy atom. The van der Waals surface area contributed by atoms with Crippen molar-refractivity contribution in [1.82, 2.24) is 0 Å². The first-order chi connectivity index (χ1) is 8.10. The molecule has 0 bridgehead atoms. The van der Waals surface area contributed by atoms with Crippen LogP contribution in [0.5, 0.6) is 0 Å². The Bertz CT molecular complexity index is 451. The molecule has 0 N–H and O–H groups in total. The highest BCUT2D eigenvalue weighted by Gasteiger charge is 2.36. The summed E-state index contributed by atoms with van der Waals surface area (Å²) in [5.74, 6) is 0. The Kier molecular flexibility index (Phi) is 3.21. The van der Waals surface area contributed by atoms with Crippen LogP contribution in [0.2, 0.25) is 0 Å². The molecule has 18 heavy (non-hydrogen) atoms. The summed E-state index contributed by atoms with van der Waals surface area (Å²) >= 11 is 4.75. The molecule has 1 nitrogen and oxygen atoms in total. The zero-order valence-electron chi connectivity index (χ0n) is 12.4. The van der Waals surface area contributed by atoms with Crippen molar-refractivity contribution in [2.45, 2.75) is 57.2 Å². The van der Waals surface area contributed by atoms with Gasteiger partial charge in [0.1, 0.15) is 0 Å². The minimum Gasteiger partial charge on any atom is -0.370 e. The molecule has 0 aromatic heterocycles. The van der Waals surface area contributed by atoms with Crippen LogP contribution in [0.4, 0.5) is 5.69 Å². The molecular weight excluding hydrogens is 238 g/mol. The Morgan fingerprint density at radius 2 is 1.78 bits per heavy atom. The second kappa shape index (κ2) is 4.19. The highest BCUT2D eigenvalue weighted by Crippen LogP contribution is 2.39. The maximum atomic E-state index is 4.75. The molecule has 1 unspecified atom stereocenters. The monoisotopic (exact) mass is 263 g/mol. The molecule has 1 atom stereocenters. The van der Waals surface area contributed by atoms with Crippen LogP contribution >= 0.6 is 12.6 Å². The van der Waals surface area contributed by atoms with Gasteiger partial charge >= 0.3 is 0 Å². The number of fused-ring (bicyclic) bond motifs is 1. The van der Waals surface area contributed by atoms with Crippen LogP contribution in [0.1, 0.15) is 45.7 Å². The first-order valence-corrected chi connectivity index (χ1v) is 7.14. The molecular formula is C16H25NS. The number of benzene rings is 1. The second-order valence-electron chi connectivity index (χ2n) is 7.08. The van der Waals surface area contributed by atoms with Gasteiger partial charge in [-0.3, -0.25) is 0 Å². The fourth-order valence-electron chi connectivity index (χ4n) is 2.77. The fourth-order valence-corrected chi connectivity index (χ4v) is 3.03.